The lowest BCUT2D eigenvalue weighted by molar-refractivity contribution is 0.0763. The summed E-state index contributed by atoms with van der Waals surface area (Å²) in [7, 11) is 4.58. The van der Waals surface area contributed by atoms with Crippen molar-refractivity contribution in [3.05, 3.63) is 52.7 Å². The molecule has 6 heteroatoms. The van der Waals surface area contributed by atoms with Crippen molar-refractivity contribution in [1.29, 1.82) is 0 Å². The molecule has 2 aromatic rings. The Morgan fingerprint density at radius 1 is 1.21 bits per heavy atom. The molecule has 0 aliphatic heterocycles. The van der Waals surface area contributed by atoms with Gasteiger partial charge < -0.3 is 19.1 Å². The van der Waals surface area contributed by atoms with E-state index in [4.69, 9.17) is 14.2 Å². The first kappa shape index (κ1) is 17.9. The first-order chi connectivity index (χ1) is 11.6. The van der Waals surface area contributed by atoms with Gasteiger partial charge >= 0.3 is 0 Å². The van der Waals surface area contributed by atoms with Crippen molar-refractivity contribution in [2.75, 3.05) is 27.9 Å². The van der Waals surface area contributed by atoms with Crippen LogP contribution in [0.1, 0.15) is 15.2 Å². The molecule has 0 aliphatic rings. The monoisotopic (exact) mass is 347 g/mol. The number of nitrogens with zero attached hydrogens (tertiary/aromatic N) is 1. The van der Waals surface area contributed by atoms with E-state index < -0.39 is 0 Å². The van der Waals surface area contributed by atoms with Crippen LogP contribution in [0.4, 0.5) is 0 Å². The van der Waals surface area contributed by atoms with Crippen LogP contribution in [0.25, 0.3) is 0 Å². The lowest BCUT2D eigenvalue weighted by atomic mass is 10.1. The summed E-state index contributed by atoms with van der Waals surface area (Å²) in [5.41, 5.74) is 0.475. The molecule has 0 bridgehead atoms. The number of amides is 1. The third-order valence-corrected chi connectivity index (χ3v) is 4.34. The van der Waals surface area contributed by atoms with Gasteiger partial charge in [0.1, 0.15) is 0 Å². The van der Waals surface area contributed by atoms with E-state index in [-0.39, 0.29) is 5.91 Å². The minimum absolute atomic E-state index is 0.123. The number of hydrogen-bond acceptors (Lipinski definition) is 5. The van der Waals surface area contributed by atoms with Gasteiger partial charge in [0.15, 0.2) is 11.5 Å². The molecule has 2 rings (SSSR count). The Labute approximate surface area is 146 Å². The minimum Gasteiger partial charge on any atom is -0.493 e. The summed E-state index contributed by atoms with van der Waals surface area (Å²) in [6.45, 7) is 4.72. The molecule has 24 heavy (non-hydrogen) atoms. The third-order valence-electron chi connectivity index (χ3n) is 3.48. The molecule has 0 unspecified atom stereocenters. The molecule has 1 amide bonds. The molecular weight excluding hydrogens is 326 g/mol. The van der Waals surface area contributed by atoms with Crippen molar-refractivity contribution in [1.82, 2.24) is 4.90 Å². The van der Waals surface area contributed by atoms with Crippen LogP contribution < -0.4 is 14.2 Å². The van der Waals surface area contributed by atoms with Gasteiger partial charge in [0, 0.05) is 17.0 Å². The van der Waals surface area contributed by atoms with Crippen molar-refractivity contribution >= 4 is 17.2 Å². The average molecular weight is 347 g/mol. The van der Waals surface area contributed by atoms with E-state index in [1.54, 1.807) is 34.4 Å². The molecule has 0 atom stereocenters. The molecule has 0 aliphatic carbocycles. The van der Waals surface area contributed by atoms with Gasteiger partial charge in [0.25, 0.3) is 5.91 Å². The summed E-state index contributed by atoms with van der Waals surface area (Å²) < 4.78 is 15.9. The second-order valence-electron chi connectivity index (χ2n) is 4.97. The topological polar surface area (TPSA) is 48.0 Å². The van der Waals surface area contributed by atoms with E-state index >= 15 is 0 Å². The second kappa shape index (κ2) is 8.40. The smallest absolute Gasteiger partial charge is 0.254 e. The Hall–Kier alpha value is -2.47. The summed E-state index contributed by atoms with van der Waals surface area (Å²) in [6.07, 6.45) is 1.71. The Bertz CT molecular complexity index is 672. The average Bonchev–Trinajstić information content (AvgIpc) is 3.12. The van der Waals surface area contributed by atoms with Crippen molar-refractivity contribution in [3.8, 4) is 17.2 Å². The fourth-order valence-electron chi connectivity index (χ4n) is 2.35. The highest BCUT2D eigenvalue weighted by atomic mass is 32.1. The number of carbonyl (C=O) groups excluding carboxylic acids is 1. The maximum atomic E-state index is 12.9. The second-order valence-corrected chi connectivity index (χ2v) is 6.00. The molecule has 0 saturated carbocycles. The van der Waals surface area contributed by atoms with Gasteiger partial charge in [-0.05, 0) is 23.6 Å². The van der Waals surface area contributed by atoms with Crippen LogP contribution in [0.2, 0.25) is 0 Å². The molecule has 5 nitrogen and oxygen atoms in total. The Balaban J connectivity index is 2.36. The number of thiophene rings is 1. The number of rotatable bonds is 8. The van der Waals surface area contributed by atoms with Crippen molar-refractivity contribution in [2.45, 2.75) is 6.54 Å². The molecule has 0 radical (unpaired) electrons. The highest BCUT2D eigenvalue weighted by Crippen LogP contribution is 2.38. The maximum Gasteiger partial charge on any atom is 0.254 e. The Morgan fingerprint density at radius 2 is 1.88 bits per heavy atom. The zero-order valence-electron chi connectivity index (χ0n) is 14.1. The highest BCUT2D eigenvalue weighted by Gasteiger charge is 2.21. The fraction of sp³-hybridized carbons (Fsp3) is 0.278. The van der Waals surface area contributed by atoms with Crippen LogP contribution >= 0.6 is 11.3 Å². The van der Waals surface area contributed by atoms with E-state index in [1.807, 2.05) is 17.5 Å². The largest absolute Gasteiger partial charge is 0.493 e. The van der Waals surface area contributed by atoms with Gasteiger partial charge in [0.2, 0.25) is 5.75 Å². The standard InChI is InChI=1S/C18H21NO4S/c1-5-8-19(12-14-7-6-9-24-14)18(20)13-10-15(21-2)17(23-4)16(11-13)22-3/h5-7,9-11H,1,8,12H2,2-4H3. The molecule has 1 aromatic heterocycles. The van der Waals surface area contributed by atoms with Crippen LogP contribution in [-0.2, 0) is 6.54 Å². The lowest BCUT2D eigenvalue weighted by Gasteiger charge is -2.22. The van der Waals surface area contributed by atoms with E-state index in [1.165, 1.54) is 21.3 Å². The number of carbonyl (C=O) groups is 1. The van der Waals surface area contributed by atoms with Gasteiger partial charge in [-0.1, -0.05) is 12.1 Å². The number of ether oxygens (including phenoxy) is 3. The molecule has 0 N–H and O–H groups in total. The SMILES string of the molecule is C=CCN(Cc1cccs1)C(=O)c1cc(OC)c(OC)c(OC)c1. The third kappa shape index (κ3) is 3.89. The number of methoxy groups -OCH3 is 3. The van der Waals surface area contributed by atoms with Crippen LogP contribution in [0, 0.1) is 0 Å². The van der Waals surface area contributed by atoms with Gasteiger partial charge in [-0.2, -0.15) is 0 Å². The van der Waals surface area contributed by atoms with Gasteiger partial charge in [0.05, 0.1) is 27.9 Å². The van der Waals surface area contributed by atoms with Crippen LogP contribution in [-0.4, -0.2) is 38.7 Å². The van der Waals surface area contributed by atoms with Crippen LogP contribution in [0.5, 0.6) is 17.2 Å². The minimum atomic E-state index is -0.123. The Morgan fingerprint density at radius 3 is 2.33 bits per heavy atom. The van der Waals surface area contributed by atoms with E-state index in [2.05, 4.69) is 6.58 Å². The zero-order chi connectivity index (χ0) is 17.5. The predicted octanol–water partition coefficient (Wildman–Crippen LogP) is 3.60. The summed E-state index contributed by atoms with van der Waals surface area (Å²) in [6, 6.07) is 7.29. The maximum absolute atomic E-state index is 12.9. The molecule has 0 fully saturated rings. The van der Waals surface area contributed by atoms with E-state index in [0.717, 1.165) is 4.88 Å². The van der Waals surface area contributed by atoms with Crippen molar-refractivity contribution in [3.63, 3.8) is 0 Å². The lowest BCUT2D eigenvalue weighted by Crippen LogP contribution is -2.30. The van der Waals surface area contributed by atoms with Gasteiger partial charge in [-0.25, -0.2) is 0 Å². The quantitative estimate of drug-likeness (QED) is 0.685. The van der Waals surface area contributed by atoms with Crippen LogP contribution in [0.15, 0.2) is 42.3 Å². The highest BCUT2D eigenvalue weighted by molar-refractivity contribution is 7.09. The van der Waals surface area contributed by atoms with E-state index in [0.29, 0.717) is 35.9 Å². The van der Waals surface area contributed by atoms with E-state index in [9.17, 15) is 4.79 Å². The zero-order valence-corrected chi connectivity index (χ0v) is 14.9. The number of hydrogen-bond donors (Lipinski definition) is 0. The fourth-order valence-corrected chi connectivity index (χ4v) is 3.07. The molecule has 0 spiro atoms. The van der Waals surface area contributed by atoms with Gasteiger partial charge in [-0.3, -0.25) is 4.79 Å². The molecule has 1 aromatic carbocycles. The first-order valence-corrected chi connectivity index (χ1v) is 8.25. The van der Waals surface area contributed by atoms with Crippen molar-refractivity contribution < 1.29 is 19.0 Å². The predicted molar refractivity (Wildman–Crippen MR) is 95.4 cm³/mol. The summed E-state index contributed by atoms with van der Waals surface area (Å²) in [4.78, 5) is 15.8. The van der Waals surface area contributed by atoms with Gasteiger partial charge in [-0.15, -0.1) is 17.9 Å². The summed E-state index contributed by atoms with van der Waals surface area (Å²) in [5.74, 6) is 1.25. The Kier molecular flexibility index (Phi) is 6.26. The summed E-state index contributed by atoms with van der Waals surface area (Å²) >= 11 is 1.61. The van der Waals surface area contributed by atoms with Crippen LogP contribution in [0.3, 0.4) is 0 Å². The molecule has 0 saturated heterocycles. The molecule has 1 heterocycles. The number of benzene rings is 1. The molecular formula is C18H21NO4S. The molecule has 128 valence electrons. The summed E-state index contributed by atoms with van der Waals surface area (Å²) in [5, 5.41) is 1.99. The normalized spacial score (nSPS) is 10.1. The first-order valence-electron chi connectivity index (χ1n) is 7.37. The van der Waals surface area contributed by atoms with Crippen molar-refractivity contribution in [2.24, 2.45) is 0 Å².